The number of ether oxygens (including phenoxy) is 2. The van der Waals surface area contributed by atoms with Crippen LogP contribution < -0.4 is 19.1 Å². The van der Waals surface area contributed by atoms with Gasteiger partial charge in [0, 0.05) is 42.5 Å². The van der Waals surface area contributed by atoms with E-state index < -0.39 is 11.3 Å². The Morgan fingerprint density at radius 3 is 2.59 bits per heavy atom. The van der Waals surface area contributed by atoms with Gasteiger partial charge in [-0.15, -0.1) is 0 Å². The molecule has 3 rings (SSSR count). The molecule has 0 aliphatic carbocycles. The SMILES string of the molecule is COc1ccc(-c2cc(N3CCC(CNS(=O)[O-])CC3)ncn2)cc1OC. The van der Waals surface area contributed by atoms with Crippen molar-refractivity contribution in [1.82, 2.24) is 14.7 Å². The van der Waals surface area contributed by atoms with Gasteiger partial charge in [0.25, 0.3) is 0 Å². The van der Waals surface area contributed by atoms with Crippen LogP contribution in [0.15, 0.2) is 30.6 Å². The van der Waals surface area contributed by atoms with E-state index in [0.717, 1.165) is 43.0 Å². The lowest BCUT2D eigenvalue weighted by atomic mass is 9.97. The summed E-state index contributed by atoms with van der Waals surface area (Å²) in [4.78, 5) is 11.0. The minimum atomic E-state index is -2.20. The van der Waals surface area contributed by atoms with Gasteiger partial charge in [-0.25, -0.2) is 14.7 Å². The molecule has 1 atom stereocenters. The molecule has 1 aliphatic heterocycles. The van der Waals surface area contributed by atoms with Gasteiger partial charge in [0.1, 0.15) is 12.1 Å². The third-order valence-corrected chi connectivity index (χ3v) is 5.16. The molecule has 1 aliphatic rings. The largest absolute Gasteiger partial charge is 0.760 e. The predicted octanol–water partition coefficient (Wildman–Crippen LogP) is 1.76. The van der Waals surface area contributed by atoms with Crippen LogP contribution in [0.5, 0.6) is 11.5 Å². The maximum absolute atomic E-state index is 10.6. The second kappa shape index (κ2) is 9.12. The lowest BCUT2D eigenvalue weighted by Crippen LogP contribution is -2.38. The molecule has 146 valence electrons. The molecule has 0 spiro atoms. The van der Waals surface area contributed by atoms with E-state index in [4.69, 9.17) is 9.47 Å². The third kappa shape index (κ3) is 4.94. The van der Waals surface area contributed by atoms with Crippen LogP contribution in [0.1, 0.15) is 12.8 Å². The highest BCUT2D eigenvalue weighted by Crippen LogP contribution is 2.32. The Labute approximate surface area is 161 Å². The molecule has 0 saturated carbocycles. The Balaban J connectivity index is 1.70. The van der Waals surface area contributed by atoms with Gasteiger partial charge in [0.15, 0.2) is 11.5 Å². The Hall–Kier alpha value is -2.23. The number of hydrogen-bond acceptors (Lipinski definition) is 7. The second-order valence-electron chi connectivity index (χ2n) is 6.34. The molecular formula is C18H23N4O4S-. The lowest BCUT2D eigenvalue weighted by molar-refractivity contribution is 0.355. The highest BCUT2D eigenvalue weighted by Gasteiger charge is 2.20. The van der Waals surface area contributed by atoms with E-state index in [-0.39, 0.29) is 0 Å². The first-order valence-electron chi connectivity index (χ1n) is 8.73. The fraction of sp³-hybridized carbons (Fsp3) is 0.444. The van der Waals surface area contributed by atoms with Crippen LogP contribution in [-0.2, 0) is 11.3 Å². The summed E-state index contributed by atoms with van der Waals surface area (Å²) in [5.74, 6) is 2.55. The number of nitrogens with one attached hydrogen (secondary N) is 1. The van der Waals surface area contributed by atoms with E-state index in [1.165, 1.54) is 0 Å². The fourth-order valence-electron chi connectivity index (χ4n) is 3.23. The molecule has 1 saturated heterocycles. The van der Waals surface area contributed by atoms with E-state index in [9.17, 15) is 8.76 Å². The van der Waals surface area contributed by atoms with Gasteiger partial charge in [-0.2, -0.15) is 0 Å². The number of hydrogen-bond donors (Lipinski definition) is 1. The van der Waals surface area contributed by atoms with E-state index in [0.29, 0.717) is 24.0 Å². The Morgan fingerprint density at radius 1 is 1.19 bits per heavy atom. The zero-order valence-corrected chi connectivity index (χ0v) is 16.2. The zero-order chi connectivity index (χ0) is 19.2. The van der Waals surface area contributed by atoms with Crippen LogP contribution in [0.2, 0.25) is 0 Å². The molecule has 1 aromatic carbocycles. The van der Waals surface area contributed by atoms with Crippen LogP contribution in [0, 0.1) is 5.92 Å². The smallest absolute Gasteiger partial charge is 0.161 e. The predicted molar refractivity (Wildman–Crippen MR) is 102 cm³/mol. The molecule has 2 heterocycles. The second-order valence-corrected chi connectivity index (χ2v) is 7.10. The molecular weight excluding hydrogens is 368 g/mol. The van der Waals surface area contributed by atoms with Crippen LogP contribution in [0.4, 0.5) is 5.82 Å². The number of methoxy groups -OCH3 is 2. The quantitative estimate of drug-likeness (QED) is 0.718. The highest BCUT2D eigenvalue weighted by atomic mass is 32.2. The molecule has 1 N–H and O–H groups in total. The fourth-order valence-corrected chi connectivity index (χ4v) is 3.60. The topological polar surface area (TPSA) is 99.6 Å². The van der Waals surface area contributed by atoms with Crippen molar-refractivity contribution in [1.29, 1.82) is 0 Å². The highest BCUT2D eigenvalue weighted by molar-refractivity contribution is 7.77. The van der Waals surface area contributed by atoms with Crippen molar-refractivity contribution in [2.75, 3.05) is 38.8 Å². The molecule has 1 fully saturated rings. The van der Waals surface area contributed by atoms with Crippen molar-refractivity contribution in [3.8, 4) is 22.8 Å². The van der Waals surface area contributed by atoms with Gasteiger partial charge < -0.3 is 18.9 Å². The zero-order valence-electron chi connectivity index (χ0n) is 15.4. The summed E-state index contributed by atoms with van der Waals surface area (Å²) in [6.07, 6.45) is 3.40. The van der Waals surface area contributed by atoms with Crippen molar-refractivity contribution in [3.05, 3.63) is 30.6 Å². The molecule has 27 heavy (non-hydrogen) atoms. The van der Waals surface area contributed by atoms with Gasteiger partial charge in [0.2, 0.25) is 0 Å². The summed E-state index contributed by atoms with van der Waals surface area (Å²) >= 11 is -2.20. The number of piperidine rings is 1. The van der Waals surface area contributed by atoms with Crippen LogP contribution in [-0.4, -0.2) is 52.6 Å². The standard InChI is InChI=1S/C18H24N4O4S/c1-25-16-4-3-14(9-17(16)26-2)15-10-18(20-12-19-15)22-7-5-13(6-8-22)11-21-27(23)24/h3-4,9-10,12-13,21H,5-8,11H2,1-2H3,(H,23,24)/p-1. The van der Waals surface area contributed by atoms with E-state index >= 15 is 0 Å². The van der Waals surface area contributed by atoms with E-state index in [1.54, 1.807) is 20.5 Å². The molecule has 9 heteroatoms. The summed E-state index contributed by atoms with van der Waals surface area (Å²) < 4.78 is 34.4. The summed E-state index contributed by atoms with van der Waals surface area (Å²) in [5.41, 5.74) is 1.74. The third-order valence-electron chi connectivity index (χ3n) is 4.76. The minimum absolute atomic E-state index is 0.353. The molecule has 0 bridgehead atoms. The first kappa shape index (κ1) is 19.5. The number of benzene rings is 1. The van der Waals surface area contributed by atoms with Crippen molar-refractivity contribution >= 4 is 17.1 Å². The van der Waals surface area contributed by atoms with Crippen molar-refractivity contribution < 1.29 is 18.2 Å². The normalized spacial score (nSPS) is 16.2. The number of aromatic nitrogens is 2. The summed E-state index contributed by atoms with van der Waals surface area (Å²) in [6.45, 7) is 2.16. The van der Waals surface area contributed by atoms with Gasteiger partial charge in [-0.3, -0.25) is 4.21 Å². The molecule has 1 aromatic heterocycles. The molecule has 1 unspecified atom stereocenters. The molecule has 0 radical (unpaired) electrons. The molecule has 8 nitrogen and oxygen atoms in total. The Kier molecular flexibility index (Phi) is 6.59. The minimum Gasteiger partial charge on any atom is -0.760 e. The summed E-state index contributed by atoms with van der Waals surface area (Å²) in [5, 5.41) is 0. The van der Waals surface area contributed by atoms with Crippen molar-refractivity contribution in [3.63, 3.8) is 0 Å². The molecule has 2 aromatic rings. The average Bonchev–Trinajstić information content (AvgIpc) is 2.72. The number of rotatable bonds is 7. The van der Waals surface area contributed by atoms with Gasteiger partial charge in [-0.05, 0) is 37.0 Å². The van der Waals surface area contributed by atoms with Crippen molar-refractivity contribution in [2.45, 2.75) is 12.8 Å². The first-order valence-corrected chi connectivity index (χ1v) is 9.80. The van der Waals surface area contributed by atoms with Gasteiger partial charge in [-0.1, -0.05) is 0 Å². The molecule has 0 amide bonds. The van der Waals surface area contributed by atoms with Gasteiger partial charge >= 0.3 is 0 Å². The summed E-state index contributed by atoms with van der Waals surface area (Å²) in [6, 6.07) is 7.65. The monoisotopic (exact) mass is 391 g/mol. The van der Waals surface area contributed by atoms with Crippen LogP contribution >= 0.6 is 0 Å². The Morgan fingerprint density at radius 2 is 1.93 bits per heavy atom. The number of nitrogens with zero attached hydrogens (tertiary/aromatic N) is 3. The van der Waals surface area contributed by atoms with Crippen molar-refractivity contribution in [2.24, 2.45) is 5.92 Å². The number of anilines is 1. The maximum Gasteiger partial charge on any atom is 0.161 e. The first-order chi connectivity index (χ1) is 13.1. The average molecular weight is 391 g/mol. The Bertz CT molecular complexity index is 797. The van der Waals surface area contributed by atoms with Crippen LogP contribution in [0.3, 0.4) is 0 Å². The lowest BCUT2D eigenvalue weighted by Gasteiger charge is -2.33. The summed E-state index contributed by atoms with van der Waals surface area (Å²) in [7, 11) is 3.21. The van der Waals surface area contributed by atoms with Crippen LogP contribution in [0.25, 0.3) is 11.3 Å². The maximum atomic E-state index is 10.6. The van der Waals surface area contributed by atoms with Gasteiger partial charge in [0.05, 0.1) is 19.9 Å². The van der Waals surface area contributed by atoms with E-state index in [2.05, 4.69) is 19.6 Å². The van der Waals surface area contributed by atoms with E-state index in [1.807, 2.05) is 24.3 Å².